The van der Waals surface area contributed by atoms with E-state index in [0.717, 1.165) is 6.42 Å². The molecule has 1 aromatic carbocycles. The second-order valence-electron chi connectivity index (χ2n) is 7.20. The third kappa shape index (κ3) is 3.41. The molecular weight excluding hydrogens is 344 g/mol. The van der Waals surface area contributed by atoms with Gasteiger partial charge in [-0.1, -0.05) is 30.3 Å². The summed E-state index contributed by atoms with van der Waals surface area (Å²) in [6, 6.07) is 10.2. The summed E-state index contributed by atoms with van der Waals surface area (Å²) in [5, 5.41) is 4.14. The Labute approximate surface area is 158 Å². The average Bonchev–Trinajstić information content (AvgIpc) is 3.42. The van der Waals surface area contributed by atoms with Crippen LogP contribution >= 0.6 is 0 Å². The highest BCUT2D eigenvalue weighted by atomic mass is 16.5. The Bertz CT molecular complexity index is 840. The Morgan fingerprint density at radius 1 is 1.07 bits per heavy atom. The second kappa shape index (κ2) is 7.06. The fourth-order valence-corrected chi connectivity index (χ4v) is 3.84. The zero-order valence-corrected chi connectivity index (χ0v) is 15.7. The maximum atomic E-state index is 12.8. The molecule has 1 aromatic heterocycles. The number of piperazine rings is 1. The first kappa shape index (κ1) is 17.6. The van der Waals surface area contributed by atoms with Gasteiger partial charge in [0.1, 0.15) is 5.56 Å². The lowest BCUT2D eigenvalue weighted by Crippen LogP contribution is -2.51. The van der Waals surface area contributed by atoms with Crippen LogP contribution < -0.4 is 4.74 Å². The SMILES string of the molecule is COc1nn(C)cc1C(=O)N1CCN(C(=O)C2CC2c2ccccc2)CC1. The van der Waals surface area contributed by atoms with Gasteiger partial charge in [0.05, 0.1) is 7.11 Å². The third-order valence-electron chi connectivity index (χ3n) is 5.43. The summed E-state index contributed by atoms with van der Waals surface area (Å²) in [5.74, 6) is 0.895. The molecule has 0 bridgehead atoms. The molecule has 7 nitrogen and oxygen atoms in total. The minimum atomic E-state index is -0.0966. The summed E-state index contributed by atoms with van der Waals surface area (Å²) in [5.41, 5.74) is 1.71. The first-order valence-electron chi connectivity index (χ1n) is 9.29. The summed E-state index contributed by atoms with van der Waals surface area (Å²) in [7, 11) is 3.27. The predicted molar refractivity (Wildman–Crippen MR) is 99.5 cm³/mol. The number of methoxy groups -OCH3 is 1. The van der Waals surface area contributed by atoms with Gasteiger partial charge in [0.2, 0.25) is 11.8 Å². The van der Waals surface area contributed by atoms with E-state index < -0.39 is 0 Å². The van der Waals surface area contributed by atoms with Crippen LogP contribution in [-0.4, -0.2) is 64.7 Å². The van der Waals surface area contributed by atoms with Crippen LogP contribution in [0.5, 0.6) is 5.88 Å². The lowest BCUT2D eigenvalue weighted by atomic mass is 10.1. The largest absolute Gasteiger partial charge is 0.479 e. The van der Waals surface area contributed by atoms with Gasteiger partial charge in [0.25, 0.3) is 5.91 Å². The van der Waals surface area contributed by atoms with E-state index in [1.165, 1.54) is 12.7 Å². The Morgan fingerprint density at radius 2 is 1.74 bits per heavy atom. The van der Waals surface area contributed by atoms with Gasteiger partial charge >= 0.3 is 0 Å². The van der Waals surface area contributed by atoms with E-state index in [2.05, 4.69) is 17.2 Å². The molecule has 2 atom stereocenters. The Hall–Kier alpha value is -2.83. The van der Waals surface area contributed by atoms with E-state index in [1.807, 2.05) is 23.1 Å². The van der Waals surface area contributed by atoms with Gasteiger partial charge in [-0.2, -0.15) is 0 Å². The van der Waals surface area contributed by atoms with Crippen molar-refractivity contribution in [3.63, 3.8) is 0 Å². The summed E-state index contributed by atoms with van der Waals surface area (Å²) in [4.78, 5) is 29.2. The zero-order valence-electron chi connectivity index (χ0n) is 15.7. The predicted octanol–water partition coefficient (Wildman–Crippen LogP) is 1.52. The molecule has 0 radical (unpaired) electrons. The number of hydrogen-bond acceptors (Lipinski definition) is 4. The van der Waals surface area contributed by atoms with E-state index in [1.54, 1.807) is 22.8 Å². The van der Waals surface area contributed by atoms with Crippen molar-refractivity contribution in [1.29, 1.82) is 0 Å². The highest BCUT2D eigenvalue weighted by Gasteiger charge is 2.46. The number of aryl methyl sites for hydroxylation is 1. The first-order valence-corrected chi connectivity index (χ1v) is 9.29. The lowest BCUT2D eigenvalue weighted by molar-refractivity contribution is -0.134. The third-order valence-corrected chi connectivity index (χ3v) is 5.43. The highest BCUT2D eigenvalue weighted by Crippen LogP contribution is 2.48. The minimum Gasteiger partial charge on any atom is -0.479 e. The maximum Gasteiger partial charge on any atom is 0.261 e. The van der Waals surface area contributed by atoms with Gasteiger partial charge in [-0.3, -0.25) is 14.3 Å². The molecule has 2 aromatic rings. The monoisotopic (exact) mass is 368 g/mol. The number of amides is 2. The summed E-state index contributed by atoms with van der Waals surface area (Å²) >= 11 is 0. The van der Waals surface area contributed by atoms with Crippen LogP contribution in [0.3, 0.4) is 0 Å². The summed E-state index contributed by atoms with van der Waals surface area (Å²) in [6.45, 7) is 2.22. The number of ether oxygens (including phenoxy) is 1. The van der Waals surface area contributed by atoms with Crippen molar-refractivity contribution < 1.29 is 14.3 Å². The fraction of sp³-hybridized carbons (Fsp3) is 0.450. The Kier molecular flexibility index (Phi) is 4.59. The number of carbonyl (C=O) groups is 2. The molecule has 2 heterocycles. The lowest BCUT2D eigenvalue weighted by Gasteiger charge is -2.34. The zero-order chi connectivity index (χ0) is 19.0. The molecule has 27 heavy (non-hydrogen) atoms. The molecule has 7 heteroatoms. The van der Waals surface area contributed by atoms with Crippen LogP contribution in [0.4, 0.5) is 0 Å². The minimum absolute atomic E-state index is 0.0908. The molecule has 1 aliphatic carbocycles. The number of nitrogens with zero attached hydrogens (tertiary/aromatic N) is 4. The van der Waals surface area contributed by atoms with E-state index in [0.29, 0.717) is 43.5 Å². The Morgan fingerprint density at radius 3 is 2.41 bits per heavy atom. The molecule has 4 rings (SSSR count). The normalized spacial score (nSPS) is 21.9. The van der Waals surface area contributed by atoms with Crippen LogP contribution in [0.2, 0.25) is 0 Å². The fourth-order valence-electron chi connectivity index (χ4n) is 3.84. The number of rotatable bonds is 4. The molecule has 2 fully saturated rings. The molecule has 0 spiro atoms. The van der Waals surface area contributed by atoms with Gasteiger partial charge in [-0.05, 0) is 17.9 Å². The topological polar surface area (TPSA) is 67.7 Å². The van der Waals surface area contributed by atoms with Gasteiger partial charge in [-0.15, -0.1) is 5.10 Å². The summed E-state index contributed by atoms with van der Waals surface area (Å²) < 4.78 is 6.76. The van der Waals surface area contributed by atoms with Crippen molar-refractivity contribution in [2.45, 2.75) is 12.3 Å². The molecular formula is C20H24N4O3. The standard InChI is InChI=1S/C20H24N4O3/c1-22-13-17(18(21-22)27-2)20(26)24-10-8-23(9-11-24)19(25)16-12-15(16)14-6-4-3-5-7-14/h3-7,13,15-16H,8-12H2,1-2H3. The molecule has 1 saturated heterocycles. The van der Waals surface area contributed by atoms with Crippen molar-refractivity contribution in [2.75, 3.05) is 33.3 Å². The van der Waals surface area contributed by atoms with Crippen molar-refractivity contribution in [2.24, 2.45) is 13.0 Å². The van der Waals surface area contributed by atoms with E-state index >= 15 is 0 Å². The smallest absolute Gasteiger partial charge is 0.261 e. The van der Waals surface area contributed by atoms with E-state index in [9.17, 15) is 9.59 Å². The van der Waals surface area contributed by atoms with Crippen molar-refractivity contribution in [1.82, 2.24) is 19.6 Å². The summed E-state index contributed by atoms with van der Waals surface area (Å²) in [6.07, 6.45) is 2.60. The van der Waals surface area contributed by atoms with E-state index in [4.69, 9.17) is 4.74 Å². The molecule has 1 saturated carbocycles. The molecule has 0 N–H and O–H groups in total. The quantitative estimate of drug-likeness (QED) is 0.821. The number of carbonyl (C=O) groups excluding carboxylic acids is 2. The first-order chi connectivity index (χ1) is 13.1. The van der Waals surface area contributed by atoms with Gasteiger partial charge in [0.15, 0.2) is 0 Å². The van der Waals surface area contributed by atoms with Crippen LogP contribution in [0, 0.1) is 5.92 Å². The van der Waals surface area contributed by atoms with Crippen LogP contribution in [0.15, 0.2) is 36.5 Å². The van der Waals surface area contributed by atoms with Gasteiger partial charge in [-0.25, -0.2) is 0 Å². The second-order valence-corrected chi connectivity index (χ2v) is 7.20. The highest BCUT2D eigenvalue weighted by molar-refractivity contribution is 5.96. The van der Waals surface area contributed by atoms with Crippen LogP contribution in [0.25, 0.3) is 0 Å². The maximum absolute atomic E-state index is 12.8. The van der Waals surface area contributed by atoms with Crippen molar-refractivity contribution in [3.8, 4) is 5.88 Å². The molecule has 1 aliphatic heterocycles. The van der Waals surface area contributed by atoms with Gasteiger partial charge in [0, 0.05) is 45.3 Å². The van der Waals surface area contributed by atoms with Crippen LogP contribution in [-0.2, 0) is 11.8 Å². The number of aromatic nitrogens is 2. The Balaban J connectivity index is 1.34. The molecule has 2 amide bonds. The number of benzene rings is 1. The van der Waals surface area contributed by atoms with E-state index in [-0.39, 0.29) is 17.7 Å². The van der Waals surface area contributed by atoms with Crippen molar-refractivity contribution in [3.05, 3.63) is 47.7 Å². The average molecular weight is 368 g/mol. The van der Waals surface area contributed by atoms with Crippen molar-refractivity contribution >= 4 is 11.8 Å². The number of hydrogen-bond donors (Lipinski definition) is 0. The molecule has 2 aliphatic rings. The molecule has 2 unspecified atom stereocenters. The van der Waals surface area contributed by atoms with Gasteiger partial charge < -0.3 is 14.5 Å². The molecule has 142 valence electrons. The van der Waals surface area contributed by atoms with Crippen LogP contribution in [0.1, 0.15) is 28.3 Å².